The molecule has 0 amide bonds. The number of dihydropyridines is 1. The molecule has 1 heterocycles. The Morgan fingerprint density at radius 3 is 2.46 bits per heavy atom. The lowest BCUT2D eigenvalue weighted by Crippen LogP contribution is -2.36. The number of rotatable bonds is 7. The van der Waals surface area contributed by atoms with Crippen LogP contribution < -0.4 is 14.8 Å². The van der Waals surface area contributed by atoms with Crippen LogP contribution in [0.15, 0.2) is 71.1 Å². The van der Waals surface area contributed by atoms with E-state index in [-0.39, 0.29) is 17.8 Å². The van der Waals surface area contributed by atoms with E-state index in [2.05, 4.69) is 17.4 Å². The number of Topliss-reactive ketones (excluding diaryl/α,β-unsaturated/α-hetero) is 1. The predicted molar refractivity (Wildman–Crippen MR) is 134 cm³/mol. The van der Waals surface area contributed by atoms with Crippen molar-refractivity contribution in [3.8, 4) is 11.5 Å². The van der Waals surface area contributed by atoms with Gasteiger partial charge in [0.25, 0.3) is 0 Å². The van der Waals surface area contributed by atoms with Gasteiger partial charge in [0.15, 0.2) is 17.3 Å². The third-order valence-corrected chi connectivity index (χ3v) is 6.95. The Labute approximate surface area is 207 Å². The van der Waals surface area contributed by atoms with E-state index in [1.807, 2.05) is 51.1 Å². The first-order chi connectivity index (χ1) is 16.9. The van der Waals surface area contributed by atoms with Crippen molar-refractivity contribution in [2.75, 3.05) is 14.2 Å². The highest BCUT2D eigenvalue weighted by Crippen LogP contribution is 2.49. The van der Waals surface area contributed by atoms with Gasteiger partial charge in [-0.2, -0.15) is 0 Å². The molecule has 0 saturated heterocycles. The fourth-order valence-electron chi connectivity index (χ4n) is 5.05. The van der Waals surface area contributed by atoms with E-state index in [1.54, 1.807) is 20.3 Å². The molecule has 4 rings (SSSR count). The first kappa shape index (κ1) is 24.6. The molecule has 0 saturated carbocycles. The Bertz CT molecular complexity index is 1180. The van der Waals surface area contributed by atoms with Crippen molar-refractivity contribution < 1.29 is 23.8 Å². The molecule has 0 unspecified atom stereocenters. The van der Waals surface area contributed by atoms with Gasteiger partial charge in [-0.25, -0.2) is 4.79 Å². The van der Waals surface area contributed by atoms with Crippen molar-refractivity contribution >= 4 is 11.8 Å². The maximum absolute atomic E-state index is 13.8. The van der Waals surface area contributed by atoms with Crippen molar-refractivity contribution in [1.29, 1.82) is 0 Å². The number of allylic oxidation sites excluding steroid dienone is 3. The molecular formula is C29H33NO5. The third kappa shape index (κ3) is 4.70. The van der Waals surface area contributed by atoms with Crippen LogP contribution in [0.2, 0.25) is 0 Å². The van der Waals surface area contributed by atoms with Crippen molar-refractivity contribution in [3.63, 3.8) is 0 Å². The molecule has 0 aromatic heterocycles. The van der Waals surface area contributed by atoms with E-state index in [0.717, 1.165) is 11.3 Å². The fourth-order valence-corrected chi connectivity index (χ4v) is 5.05. The number of nitrogens with one attached hydrogen (secondary N) is 1. The Morgan fingerprint density at radius 2 is 1.80 bits per heavy atom. The lowest BCUT2D eigenvalue weighted by Gasteiger charge is -2.37. The summed E-state index contributed by atoms with van der Waals surface area (Å²) in [5.41, 5.74) is 4.42. The van der Waals surface area contributed by atoms with Gasteiger partial charge >= 0.3 is 5.97 Å². The minimum absolute atomic E-state index is 0.0174. The lowest BCUT2D eigenvalue weighted by atomic mass is 9.71. The number of methoxy groups -OCH3 is 2. The van der Waals surface area contributed by atoms with E-state index in [1.165, 1.54) is 0 Å². The molecule has 2 aliphatic rings. The highest BCUT2D eigenvalue weighted by Gasteiger charge is 2.43. The number of esters is 1. The summed E-state index contributed by atoms with van der Waals surface area (Å²) in [5.74, 6) is 0.102. The zero-order valence-corrected chi connectivity index (χ0v) is 21.0. The molecule has 1 N–H and O–H groups in total. The minimum atomic E-state index is -0.614. The molecule has 0 spiro atoms. The Hall–Kier alpha value is -3.54. The molecule has 1 aliphatic heterocycles. The summed E-state index contributed by atoms with van der Waals surface area (Å²) in [4.78, 5) is 27.2. The number of hydrogen-bond acceptors (Lipinski definition) is 6. The summed E-state index contributed by atoms with van der Waals surface area (Å²) in [6.45, 7) is 5.70. The van der Waals surface area contributed by atoms with Crippen molar-refractivity contribution in [2.45, 2.75) is 58.0 Å². The van der Waals surface area contributed by atoms with E-state index >= 15 is 0 Å². The maximum Gasteiger partial charge on any atom is 0.337 e. The van der Waals surface area contributed by atoms with Gasteiger partial charge in [-0.05, 0) is 44.2 Å². The topological polar surface area (TPSA) is 73.9 Å². The fraction of sp³-hybridized carbons (Fsp3) is 0.379. The standard InChI is InChI=1S/C29H33NO5/c1-6-17(2)35-29(32)25-18(3)30-22-15-20(19-11-8-7-9-12-19)16-23(31)27(22)26(25)21-13-10-14-24(33-4)28(21)34-5/h7-14,17,20,26,30H,6,15-16H2,1-5H3/t17-,20-,26-/m1/s1. The summed E-state index contributed by atoms with van der Waals surface area (Å²) in [5, 5.41) is 3.40. The monoisotopic (exact) mass is 475 g/mol. The van der Waals surface area contributed by atoms with Crippen LogP contribution in [0.4, 0.5) is 0 Å². The smallest absolute Gasteiger partial charge is 0.337 e. The zero-order valence-electron chi connectivity index (χ0n) is 21.0. The van der Waals surface area contributed by atoms with Crippen LogP contribution in [0.3, 0.4) is 0 Å². The summed E-state index contributed by atoms with van der Waals surface area (Å²) in [7, 11) is 3.14. The Balaban J connectivity index is 1.86. The minimum Gasteiger partial charge on any atom is -0.493 e. The summed E-state index contributed by atoms with van der Waals surface area (Å²) in [6.07, 6.45) is 1.51. The van der Waals surface area contributed by atoms with Crippen LogP contribution in [-0.4, -0.2) is 32.1 Å². The quantitative estimate of drug-likeness (QED) is 0.540. The molecule has 6 nitrogen and oxygen atoms in total. The van der Waals surface area contributed by atoms with Crippen LogP contribution in [0.25, 0.3) is 0 Å². The van der Waals surface area contributed by atoms with Gasteiger partial charge in [-0.3, -0.25) is 4.79 Å². The normalized spacial score (nSPS) is 20.7. The van der Waals surface area contributed by atoms with Crippen LogP contribution in [0.1, 0.15) is 63.0 Å². The number of carbonyl (C=O) groups excluding carboxylic acids is 2. The molecule has 3 atom stereocenters. The summed E-state index contributed by atoms with van der Waals surface area (Å²) < 4.78 is 17.0. The molecule has 1 aliphatic carbocycles. The van der Waals surface area contributed by atoms with Gasteiger partial charge in [0, 0.05) is 29.0 Å². The van der Waals surface area contributed by atoms with E-state index < -0.39 is 11.9 Å². The molecular weight excluding hydrogens is 442 g/mol. The predicted octanol–water partition coefficient (Wildman–Crippen LogP) is 5.41. The first-order valence-corrected chi connectivity index (χ1v) is 12.1. The van der Waals surface area contributed by atoms with Crippen LogP contribution in [-0.2, 0) is 14.3 Å². The number of carbonyl (C=O) groups is 2. The first-order valence-electron chi connectivity index (χ1n) is 12.1. The molecule has 35 heavy (non-hydrogen) atoms. The van der Waals surface area contributed by atoms with Crippen molar-refractivity contribution in [3.05, 3.63) is 82.2 Å². The van der Waals surface area contributed by atoms with Gasteiger partial charge < -0.3 is 19.5 Å². The second-order valence-corrected chi connectivity index (χ2v) is 9.13. The second kappa shape index (κ2) is 10.4. The molecule has 6 heteroatoms. The highest BCUT2D eigenvalue weighted by atomic mass is 16.5. The summed E-state index contributed by atoms with van der Waals surface area (Å²) in [6, 6.07) is 15.6. The van der Waals surface area contributed by atoms with Gasteiger partial charge in [0.05, 0.1) is 31.8 Å². The van der Waals surface area contributed by atoms with Gasteiger partial charge in [-0.15, -0.1) is 0 Å². The van der Waals surface area contributed by atoms with Crippen molar-refractivity contribution in [1.82, 2.24) is 5.32 Å². The lowest BCUT2D eigenvalue weighted by molar-refractivity contribution is -0.144. The van der Waals surface area contributed by atoms with E-state index in [4.69, 9.17) is 14.2 Å². The SMILES string of the molecule is CC[C@@H](C)OC(=O)C1=C(C)NC2=C(C(=O)C[C@H](c3ccccc3)C2)[C@@H]1c1cccc(OC)c1OC. The number of benzene rings is 2. The maximum atomic E-state index is 13.8. The van der Waals surface area contributed by atoms with Crippen LogP contribution in [0.5, 0.6) is 11.5 Å². The Morgan fingerprint density at radius 1 is 1.06 bits per heavy atom. The average Bonchev–Trinajstić information content (AvgIpc) is 2.87. The number of para-hydroxylation sites is 1. The van der Waals surface area contributed by atoms with Gasteiger partial charge in [0.2, 0.25) is 0 Å². The molecule has 2 aromatic carbocycles. The molecule has 2 aromatic rings. The molecule has 0 fully saturated rings. The Kier molecular flexibility index (Phi) is 7.29. The van der Waals surface area contributed by atoms with E-state index in [0.29, 0.717) is 53.2 Å². The number of hydrogen-bond donors (Lipinski definition) is 1. The average molecular weight is 476 g/mol. The third-order valence-electron chi connectivity index (χ3n) is 6.95. The summed E-state index contributed by atoms with van der Waals surface area (Å²) >= 11 is 0. The van der Waals surface area contributed by atoms with Crippen LogP contribution >= 0.6 is 0 Å². The highest BCUT2D eigenvalue weighted by molar-refractivity contribution is 6.04. The molecule has 0 radical (unpaired) electrons. The van der Waals surface area contributed by atoms with Gasteiger partial charge in [0.1, 0.15) is 0 Å². The molecule has 0 bridgehead atoms. The largest absolute Gasteiger partial charge is 0.493 e. The van der Waals surface area contributed by atoms with Gasteiger partial charge in [-0.1, -0.05) is 49.4 Å². The number of ether oxygens (including phenoxy) is 3. The second-order valence-electron chi connectivity index (χ2n) is 9.13. The van der Waals surface area contributed by atoms with Crippen molar-refractivity contribution in [2.24, 2.45) is 0 Å². The van der Waals surface area contributed by atoms with E-state index in [9.17, 15) is 9.59 Å². The zero-order chi connectivity index (χ0) is 25.1. The number of ketones is 1. The molecule has 184 valence electrons. The van der Waals surface area contributed by atoms with Crippen LogP contribution in [0, 0.1) is 0 Å².